The lowest BCUT2D eigenvalue weighted by Gasteiger charge is -2.30. The van der Waals surface area contributed by atoms with E-state index >= 15 is 0 Å². The molecule has 1 aliphatic rings. The summed E-state index contributed by atoms with van der Waals surface area (Å²) < 4.78 is 0. The van der Waals surface area contributed by atoms with Gasteiger partial charge in [0.05, 0.1) is 17.7 Å². The zero-order chi connectivity index (χ0) is 16.8. The van der Waals surface area contributed by atoms with Crippen molar-refractivity contribution in [2.45, 2.75) is 19.3 Å². The number of benzene rings is 1. The van der Waals surface area contributed by atoms with Gasteiger partial charge in [-0.3, -0.25) is 4.79 Å². The molecule has 2 N–H and O–H groups in total. The topological polar surface area (TPSA) is 118 Å². The summed E-state index contributed by atoms with van der Waals surface area (Å²) in [5.74, 6) is -1.22. The van der Waals surface area contributed by atoms with Crippen LogP contribution < -0.4 is 10.6 Å². The number of carbonyl (C=O) groups excluding carboxylic acids is 1. The van der Waals surface area contributed by atoms with Gasteiger partial charge in [0.25, 0.3) is 0 Å². The minimum absolute atomic E-state index is 0.142. The average Bonchev–Trinajstić information content (AvgIpc) is 2.59. The summed E-state index contributed by atoms with van der Waals surface area (Å²) in [4.78, 5) is 14.2. The van der Waals surface area contributed by atoms with Crippen LogP contribution in [0.3, 0.4) is 0 Å². The fraction of sp³-hybridized carbons (Fsp3) is 0.294. The van der Waals surface area contributed by atoms with Crippen molar-refractivity contribution in [3.63, 3.8) is 0 Å². The molecule has 1 aromatic rings. The van der Waals surface area contributed by atoms with Gasteiger partial charge in [0, 0.05) is 18.7 Å². The molecule has 6 heteroatoms. The predicted octanol–water partition coefficient (Wildman–Crippen LogP) is 1.76. The summed E-state index contributed by atoms with van der Waals surface area (Å²) in [6, 6.07) is 12.9. The van der Waals surface area contributed by atoms with Crippen LogP contribution in [-0.2, 0) is 11.2 Å². The number of carbonyl (C=O) groups is 1. The van der Waals surface area contributed by atoms with Crippen LogP contribution in [0.4, 0.5) is 5.69 Å². The lowest BCUT2D eigenvalue weighted by molar-refractivity contribution is -0.119. The van der Waals surface area contributed by atoms with Gasteiger partial charge in [-0.2, -0.15) is 15.8 Å². The molecule has 0 radical (unpaired) electrons. The maximum Gasteiger partial charge on any atom is 0.228 e. The molecule has 6 nitrogen and oxygen atoms in total. The van der Waals surface area contributed by atoms with Crippen LogP contribution in [0.25, 0.3) is 0 Å². The number of nitriles is 3. The Morgan fingerprint density at radius 3 is 2.61 bits per heavy atom. The summed E-state index contributed by atoms with van der Waals surface area (Å²) >= 11 is 0. The first-order chi connectivity index (χ1) is 11.1. The molecule has 0 aromatic heterocycles. The monoisotopic (exact) mass is 305 g/mol. The van der Waals surface area contributed by atoms with E-state index in [0.29, 0.717) is 6.54 Å². The first-order valence-electron chi connectivity index (χ1n) is 7.20. The molecule has 1 aliphatic heterocycles. The van der Waals surface area contributed by atoms with Crippen LogP contribution in [0.1, 0.15) is 18.4 Å². The van der Waals surface area contributed by atoms with Crippen molar-refractivity contribution in [1.29, 1.82) is 15.8 Å². The number of nitrogens with zero attached hydrogens (tertiary/aromatic N) is 4. The molecule has 0 bridgehead atoms. The highest BCUT2D eigenvalue weighted by atomic mass is 16.2. The molecule has 0 fully saturated rings. The Morgan fingerprint density at radius 2 is 1.96 bits per heavy atom. The van der Waals surface area contributed by atoms with Gasteiger partial charge < -0.3 is 10.6 Å². The van der Waals surface area contributed by atoms with E-state index < -0.39 is 5.92 Å². The van der Waals surface area contributed by atoms with Gasteiger partial charge >= 0.3 is 0 Å². The largest absolute Gasteiger partial charge is 0.399 e. The zero-order valence-corrected chi connectivity index (χ0v) is 12.5. The highest BCUT2D eigenvalue weighted by molar-refractivity contribution is 5.95. The second-order valence-electron chi connectivity index (χ2n) is 5.22. The van der Waals surface area contributed by atoms with E-state index in [1.165, 1.54) is 0 Å². The van der Waals surface area contributed by atoms with Crippen molar-refractivity contribution >= 4 is 11.6 Å². The first-order valence-corrected chi connectivity index (χ1v) is 7.20. The minimum Gasteiger partial charge on any atom is -0.399 e. The van der Waals surface area contributed by atoms with Crippen molar-refractivity contribution in [3.8, 4) is 18.2 Å². The second kappa shape index (κ2) is 7.11. The van der Waals surface area contributed by atoms with Gasteiger partial charge in [-0.25, -0.2) is 0 Å². The summed E-state index contributed by atoms with van der Waals surface area (Å²) in [6.07, 6.45) is 1.62. The van der Waals surface area contributed by atoms with E-state index in [-0.39, 0.29) is 23.6 Å². The van der Waals surface area contributed by atoms with Crippen molar-refractivity contribution in [1.82, 2.24) is 0 Å². The number of aryl methyl sites for hydroxylation is 1. The number of amides is 1. The maximum absolute atomic E-state index is 12.6. The normalized spacial score (nSPS) is 13.7. The lowest BCUT2D eigenvalue weighted by Crippen LogP contribution is -2.37. The summed E-state index contributed by atoms with van der Waals surface area (Å²) in [5, 5.41) is 26.9. The SMILES string of the molecule is N#CC(C#N)=C(N)[C@@H](C#N)CC(=O)N1CCCc2ccccc21. The van der Waals surface area contributed by atoms with Gasteiger partial charge in [0.1, 0.15) is 17.7 Å². The third kappa shape index (κ3) is 3.31. The smallest absolute Gasteiger partial charge is 0.228 e. The Balaban J connectivity index is 2.23. The Morgan fingerprint density at radius 1 is 1.26 bits per heavy atom. The molecule has 114 valence electrons. The molecular formula is C17H15N5O. The molecule has 2 rings (SSSR count). The molecule has 1 heterocycles. The standard InChI is InChI=1S/C17H15N5O/c18-9-13(17(21)14(10-19)11-20)8-16(23)22-7-3-5-12-4-1-2-6-15(12)22/h1-2,4,6,13H,3,5,7-8,21H2/t13-/m1/s1. The van der Waals surface area contributed by atoms with Crippen LogP contribution in [-0.4, -0.2) is 12.5 Å². The van der Waals surface area contributed by atoms with Crippen molar-refractivity contribution in [2.24, 2.45) is 11.7 Å². The lowest BCUT2D eigenvalue weighted by atomic mass is 9.97. The number of hydrogen-bond acceptors (Lipinski definition) is 5. The third-order valence-corrected chi connectivity index (χ3v) is 3.83. The van der Waals surface area contributed by atoms with Gasteiger partial charge in [-0.05, 0) is 24.5 Å². The van der Waals surface area contributed by atoms with Crippen molar-refractivity contribution in [2.75, 3.05) is 11.4 Å². The van der Waals surface area contributed by atoms with E-state index in [9.17, 15) is 10.1 Å². The summed E-state index contributed by atoms with van der Waals surface area (Å²) in [6.45, 7) is 0.584. The number of para-hydroxylation sites is 1. The van der Waals surface area contributed by atoms with Gasteiger partial charge in [0.15, 0.2) is 0 Å². The predicted molar refractivity (Wildman–Crippen MR) is 83.3 cm³/mol. The molecule has 23 heavy (non-hydrogen) atoms. The number of rotatable bonds is 3. The Hall–Kier alpha value is -3.30. The van der Waals surface area contributed by atoms with E-state index in [1.54, 1.807) is 17.0 Å². The fourth-order valence-electron chi connectivity index (χ4n) is 2.63. The summed E-state index contributed by atoms with van der Waals surface area (Å²) in [5.41, 5.74) is 7.20. The van der Waals surface area contributed by atoms with Gasteiger partial charge in [-0.15, -0.1) is 0 Å². The summed E-state index contributed by atoms with van der Waals surface area (Å²) in [7, 11) is 0. The fourth-order valence-corrected chi connectivity index (χ4v) is 2.63. The van der Waals surface area contributed by atoms with Crippen LogP contribution in [0, 0.1) is 39.9 Å². The molecule has 1 aromatic carbocycles. The number of hydrogen-bond donors (Lipinski definition) is 1. The molecular weight excluding hydrogens is 290 g/mol. The van der Waals surface area contributed by atoms with Gasteiger partial charge in [-0.1, -0.05) is 18.2 Å². The molecule has 1 atom stereocenters. The van der Waals surface area contributed by atoms with Crippen LogP contribution in [0.15, 0.2) is 35.5 Å². The van der Waals surface area contributed by atoms with Gasteiger partial charge in [0.2, 0.25) is 5.91 Å². The second-order valence-corrected chi connectivity index (χ2v) is 5.22. The molecule has 0 saturated carbocycles. The van der Waals surface area contributed by atoms with E-state index in [0.717, 1.165) is 24.1 Å². The Kier molecular flexibility index (Phi) is 4.97. The molecule has 0 saturated heterocycles. The third-order valence-electron chi connectivity index (χ3n) is 3.83. The quantitative estimate of drug-likeness (QED) is 0.853. The number of nitrogens with two attached hydrogens (primary N) is 1. The Bertz CT molecular complexity index is 759. The molecule has 1 amide bonds. The molecule has 0 unspecified atom stereocenters. The highest BCUT2D eigenvalue weighted by Crippen LogP contribution is 2.28. The average molecular weight is 305 g/mol. The number of allylic oxidation sites excluding steroid dienone is 2. The number of anilines is 1. The minimum atomic E-state index is -0.981. The van der Waals surface area contributed by atoms with E-state index in [2.05, 4.69) is 0 Å². The van der Waals surface area contributed by atoms with E-state index in [1.807, 2.05) is 30.3 Å². The first kappa shape index (κ1) is 16.1. The maximum atomic E-state index is 12.6. The van der Waals surface area contributed by atoms with E-state index in [4.69, 9.17) is 16.3 Å². The zero-order valence-electron chi connectivity index (χ0n) is 12.5. The highest BCUT2D eigenvalue weighted by Gasteiger charge is 2.26. The molecule has 0 aliphatic carbocycles. The van der Waals surface area contributed by atoms with Crippen molar-refractivity contribution < 1.29 is 4.79 Å². The number of fused-ring (bicyclic) bond motifs is 1. The molecule has 0 spiro atoms. The van der Waals surface area contributed by atoms with Crippen LogP contribution >= 0.6 is 0 Å². The Labute approximate surface area is 134 Å². The van der Waals surface area contributed by atoms with Crippen LogP contribution in [0.2, 0.25) is 0 Å². The van der Waals surface area contributed by atoms with Crippen molar-refractivity contribution in [3.05, 3.63) is 41.1 Å². The van der Waals surface area contributed by atoms with Crippen LogP contribution in [0.5, 0.6) is 0 Å².